The van der Waals surface area contributed by atoms with Crippen molar-refractivity contribution >= 4 is 5.97 Å². The second kappa shape index (κ2) is 6.43. The summed E-state index contributed by atoms with van der Waals surface area (Å²) in [7, 11) is 0. The molecule has 2 aromatic rings. The molecule has 5 heteroatoms. The van der Waals surface area contributed by atoms with E-state index in [9.17, 15) is 4.79 Å². The smallest absolute Gasteiger partial charge is 0.342 e. The molecule has 0 aliphatic rings. The quantitative estimate of drug-likeness (QED) is 0.646. The number of aromatic nitrogens is 2. The maximum atomic E-state index is 11.2. The van der Waals surface area contributed by atoms with Crippen LogP contribution in [0.25, 0.3) is 5.69 Å². The fourth-order valence-corrected chi connectivity index (χ4v) is 1.72. The Kier molecular flexibility index (Phi) is 4.40. The van der Waals surface area contributed by atoms with Crippen LogP contribution in [0.3, 0.4) is 0 Å². The Morgan fingerprint density at radius 1 is 1.40 bits per heavy atom. The van der Waals surface area contributed by atoms with Crippen LogP contribution in [0.4, 0.5) is 0 Å². The first-order chi connectivity index (χ1) is 9.74. The Morgan fingerprint density at radius 2 is 2.15 bits per heavy atom. The maximum Gasteiger partial charge on any atom is 0.342 e. The summed E-state index contributed by atoms with van der Waals surface area (Å²) >= 11 is 0. The first-order valence-corrected chi connectivity index (χ1v) is 6.17. The summed E-state index contributed by atoms with van der Waals surface area (Å²) in [5.74, 6) is 1.67. The zero-order chi connectivity index (χ0) is 14.4. The van der Waals surface area contributed by atoms with Crippen LogP contribution in [-0.2, 0) is 0 Å². The van der Waals surface area contributed by atoms with Crippen LogP contribution in [0.2, 0.25) is 0 Å². The molecule has 1 aromatic heterocycles. The van der Waals surface area contributed by atoms with Crippen LogP contribution in [0, 0.1) is 12.3 Å². The highest BCUT2D eigenvalue weighted by Gasteiger charge is 2.19. The lowest BCUT2D eigenvalue weighted by molar-refractivity contribution is 0.0692. The predicted octanol–water partition coefficient (Wildman–Crippen LogP) is 2.36. The summed E-state index contributed by atoms with van der Waals surface area (Å²) in [5.41, 5.74) is 0.779. The molecule has 20 heavy (non-hydrogen) atoms. The van der Waals surface area contributed by atoms with Crippen molar-refractivity contribution < 1.29 is 14.6 Å². The number of aromatic carboxylic acids is 1. The fourth-order valence-electron chi connectivity index (χ4n) is 1.72. The first kappa shape index (κ1) is 13.7. The molecule has 2 rings (SSSR count). The van der Waals surface area contributed by atoms with Crippen molar-refractivity contribution in [3.63, 3.8) is 0 Å². The van der Waals surface area contributed by atoms with Crippen LogP contribution in [-0.4, -0.2) is 27.5 Å². The molecule has 1 N–H and O–H groups in total. The van der Waals surface area contributed by atoms with E-state index < -0.39 is 5.97 Å². The molecule has 0 amide bonds. The van der Waals surface area contributed by atoms with Crippen molar-refractivity contribution in [3.8, 4) is 23.9 Å². The van der Waals surface area contributed by atoms with Gasteiger partial charge >= 0.3 is 5.97 Å². The van der Waals surface area contributed by atoms with Crippen molar-refractivity contribution in [1.29, 1.82) is 0 Å². The van der Waals surface area contributed by atoms with Gasteiger partial charge in [0.25, 0.3) is 0 Å². The van der Waals surface area contributed by atoms with E-state index in [-0.39, 0.29) is 11.4 Å². The van der Waals surface area contributed by atoms with E-state index in [0.717, 1.165) is 5.69 Å². The van der Waals surface area contributed by atoms with Gasteiger partial charge in [-0.1, -0.05) is 18.2 Å². The molecule has 0 saturated carbocycles. The summed E-state index contributed by atoms with van der Waals surface area (Å²) in [4.78, 5) is 11.2. The minimum Gasteiger partial charge on any atom is -0.477 e. The SMILES string of the molecule is C#CCCCOc1c(C(=O)O)cnn1-c1ccccc1. The van der Waals surface area contributed by atoms with E-state index in [0.29, 0.717) is 19.4 Å². The lowest BCUT2D eigenvalue weighted by atomic mass is 10.3. The van der Waals surface area contributed by atoms with E-state index >= 15 is 0 Å². The molecular weight excluding hydrogens is 256 g/mol. The topological polar surface area (TPSA) is 64.3 Å². The molecule has 0 fully saturated rings. The third-order valence-electron chi connectivity index (χ3n) is 2.66. The minimum absolute atomic E-state index is 0.0366. The largest absolute Gasteiger partial charge is 0.477 e. The van der Waals surface area contributed by atoms with Crippen LogP contribution in [0.15, 0.2) is 36.5 Å². The molecule has 0 aliphatic heterocycles. The van der Waals surface area contributed by atoms with Crippen LogP contribution >= 0.6 is 0 Å². The lowest BCUT2D eigenvalue weighted by Crippen LogP contribution is -2.07. The van der Waals surface area contributed by atoms with Gasteiger partial charge in [-0.05, 0) is 18.6 Å². The fraction of sp³-hybridized carbons (Fsp3) is 0.200. The number of carboxylic acid groups (broad SMARTS) is 1. The maximum absolute atomic E-state index is 11.2. The Bertz CT molecular complexity index is 626. The van der Waals surface area contributed by atoms with Gasteiger partial charge in [-0.25, -0.2) is 9.48 Å². The molecule has 102 valence electrons. The molecule has 0 aliphatic carbocycles. The predicted molar refractivity (Wildman–Crippen MR) is 74.1 cm³/mol. The number of unbranched alkanes of at least 4 members (excludes halogenated alkanes) is 1. The zero-order valence-corrected chi connectivity index (χ0v) is 10.8. The van der Waals surface area contributed by atoms with Gasteiger partial charge in [0, 0.05) is 6.42 Å². The average molecular weight is 270 g/mol. The molecule has 0 atom stereocenters. The highest BCUT2D eigenvalue weighted by molar-refractivity contribution is 5.90. The summed E-state index contributed by atoms with van der Waals surface area (Å²) in [6.07, 6.45) is 7.70. The number of para-hydroxylation sites is 1. The number of benzene rings is 1. The summed E-state index contributed by atoms with van der Waals surface area (Å²) in [6, 6.07) is 9.22. The molecule has 0 bridgehead atoms. The molecule has 1 aromatic carbocycles. The summed E-state index contributed by atoms with van der Waals surface area (Å²) in [6.45, 7) is 0.350. The average Bonchev–Trinajstić information content (AvgIpc) is 2.88. The highest BCUT2D eigenvalue weighted by Crippen LogP contribution is 2.22. The van der Waals surface area contributed by atoms with Gasteiger partial charge in [0.2, 0.25) is 5.88 Å². The summed E-state index contributed by atoms with van der Waals surface area (Å²) < 4.78 is 7.02. The Labute approximate surface area is 116 Å². The van der Waals surface area contributed by atoms with Crippen molar-refractivity contribution in [2.75, 3.05) is 6.61 Å². The molecule has 5 nitrogen and oxygen atoms in total. The van der Waals surface area contributed by atoms with E-state index in [2.05, 4.69) is 11.0 Å². The number of ether oxygens (including phenoxy) is 1. The van der Waals surface area contributed by atoms with Crippen LogP contribution in [0.5, 0.6) is 5.88 Å². The highest BCUT2D eigenvalue weighted by atomic mass is 16.5. The molecule has 0 unspecified atom stereocenters. The van der Waals surface area contributed by atoms with E-state index in [1.54, 1.807) is 0 Å². The number of carboxylic acids is 1. The van der Waals surface area contributed by atoms with E-state index in [1.807, 2.05) is 30.3 Å². The second-order valence-corrected chi connectivity index (χ2v) is 4.07. The van der Waals surface area contributed by atoms with Gasteiger partial charge in [0.05, 0.1) is 18.5 Å². The van der Waals surface area contributed by atoms with Crippen LogP contribution in [0.1, 0.15) is 23.2 Å². The normalized spacial score (nSPS) is 9.95. The van der Waals surface area contributed by atoms with E-state index in [4.69, 9.17) is 16.3 Å². The van der Waals surface area contributed by atoms with Gasteiger partial charge in [0.1, 0.15) is 5.56 Å². The van der Waals surface area contributed by atoms with Crippen molar-refractivity contribution in [2.24, 2.45) is 0 Å². The monoisotopic (exact) mass is 270 g/mol. The number of nitrogens with zero attached hydrogens (tertiary/aromatic N) is 2. The van der Waals surface area contributed by atoms with Gasteiger partial charge in [-0.2, -0.15) is 5.10 Å². The Morgan fingerprint density at radius 3 is 2.80 bits per heavy atom. The minimum atomic E-state index is -1.07. The first-order valence-electron chi connectivity index (χ1n) is 6.17. The van der Waals surface area contributed by atoms with Crippen molar-refractivity contribution in [3.05, 3.63) is 42.1 Å². The lowest BCUT2D eigenvalue weighted by Gasteiger charge is -2.09. The second-order valence-electron chi connectivity index (χ2n) is 4.07. The third-order valence-corrected chi connectivity index (χ3v) is 2.66. The molecule has 1 heterocycles. The summed E-state index contributed by atoms with van der Waals surface area (Å²) in [5, 5.41) is 13.2. The van der Waals surface area contributed by atoms with Gasteiger partial charge in [-0.3, -0.25) is 0 Å². The Hall–Kier alpha value is -2.74. The number of carbonyl (C=O) groups is 1. The standard InChI is InChI=1S/C15H14N2O3/c1-2-3-7-10-20-14-13(15(18)19)11-16-17(14)12-8-5-4-6-9-12/h1,4-6,8-9,11H,3,7,10H2,(H,18,19). The molecule has 0 radical (unpaired) electrons. The van der Waals surface area contributed by atoms with Gasteiger partial charge in [0.15, 0.2) is 0 Å². The number of rotatable bonds is 6. The number of hydrogen-bond acceptors (Lipinski definition) is 3. The van der Waals surface area contributed by atoms with E-state index in [1.165, 1.54) is 10.9 Å². The van der Waals surface area contributed by atoms with Crippen LogP contribution < -0.4 is 4.74 Å². The Balaban J connectivity index is 2.28. The third kappa shape index (κ3) is 2.98. The van der Waals surface area contributed by atoms with Crippen molar-refractivity contribution in [1.82, 2.24) is 9.78 Å². The number of hydrogen-bond donors (Lipinski definition) is 1. The molecule has 0 spiro atoms. The van der Waals surface area contributed by atoms with Crippen molar-refractivity contribution in [2.45, 2.75) is 12.8 Å². The number of terminal acetylenes is 1. The zero-order valence-electron chi connectivity index (χ0n) is 10.8. The molecule has 0 saturated heterocycles. The molecular formula is C15H14N2O3. The van der Waals surface area contributed by atoms with Gasteiger partial charge < -0.3 is 9.84 Å². The van der Waals surface area contributed by atoms with Gasteiger partial charge in [-0.15, -0.1) is 12.3 Å².